The molecule has 3 aromatic heterocycles. The molecule has 1 fully saturated rings. The normalized spacial score (nSPS) is 17.0. The monoisotopic (exact) mass is 399 g/mol. The zero-order valence-corrected chi connectivity index (χ0v) is 16.4. The van der Waals surface area contributed by atoms with Crippen molar-refractivity contribution in [1.82, 2.24) is 34.6 Å². The van der Waals surface area contributed by atoms with E-state index in [-0.39, 0.29) is 11.8 Å². The van der Waals surface area contributed by atoms with Crippen LogP contribution in [0.15, 0.2) is 23.1 Å². The molecule has 1 amide bonds. The van der Waals surface area contributed by atoms with Crippen molar-refractivity contribution in [3.63, 3.8) is 0 Å². The summed E-state index contributed by atoms with van der Waals surface area (Å²) in [4.78, 5) is 28.1. The molecular formula is C18H21N7O2S. The van der Waals surface area contributed by atoms with Gasteiger partial charge in [0.2, 0.25) is 11.7 Å². The molecule has 146 valence electrons. The lowest BCUT2D eigenvalue weighted by Gasteiger charge is -2.32. The van der Waals surface area contributed by atoms with Crippen molar-refractivity contribution in [2.24, 2.45) is 5.92 Å². The zero-order valence-electron chi connectivity index (χ0n) is 15.6. The number of rotatable bonds is 6. The molecule has 4 heterocycles. The first-order valence-electron chi connectivity index (χ1n) is 9.44. The van der Waals surface area contributed by atoms with E-state index >= 15 is 0 Å². The largest absolute Gasteiger partial charge is 0.339 e. The number of carbonyl (C=O) groups is 1. The molecule has 3 aromatic rings. The molecule has 0 N–H and O–H groups in total. The summed E-state index contributed by atoms with van der Waals surface area (Å²) in [5, 5.41) is 8.11. The molecule has 0 spiro atoms. The van der Waals surface area contributed by atoms with Gasteiger partial charge in [-0.25, -0.2) is 4.98 Å². The van der Waals surface area contributed by atoms with Crippen LogP contribution in [0.25, 0.3) is 11.5 Å². The number of nitrogens with zero attached hydrogens (tertiary/aromatic N) is 7. The Hall–Kier alpha value is -2.75. The lowest BCUT2D eigenvalue weighted by molar-refractivity contribution is 0.0671. The lowest BCUT2D eigenvalue weighted by Crippen LogP contribution is -2.40. The molecule has 9 nitrogen and oxygen atoms in total. The summed E-state index contributed by atoms with van der Waals surface area (Å²) < 4.78 is 9.37. The molecule has 0 aromatic carbocycles. The van der Waals surface area contributed by atoms with Crippen LogP contribution >= 0.6 is 11.5 Å². The quantitative estimate of drug-likeness (QED) is 0.621. The highest BCUT2D eigenvalue weighted by Gasteiger charge is 2.28. The van der Waals surface area contributed by atoms with Gasteiger partial charge in [-0.05, 0) is 36.7 Å². The van der Waals surface area contributed by atoms with Crippen LogP contribution in [0.3, 0.4) is 0 Å². The molecule has 1 saturated heterocycles. The van der Waals surface area contributed by atoms with Gasteiger partial charge in [0.15, 0.2) is 0 Å². The molecule has 28 heavy (non-hydrogen) atoms. The second-order valence-corrected chi connectivity index (χ2v) is 7.62. The molecule has 0 unspecified atom stereocenters. The smallest absolute Gasteiger partial charge is 0.267 e. The number of hydrogen-bond donors (Lipinski definition) is 0. The molecule has 0 aliphatic carbocycles. The van der Waals surface area contributed by atoms with Crippen LogP contribution in [-0.4, -0.2) is 53.6 Å². The van der Waals surface area contributed by atoms with Crippen LogP contribution in [0.4, 0.5) is 0 Å². The van der Waals surface area contributed by atoms with E-state index in [1.807, 2.05) is 4.90 Å². The van der Waals surface area contributed by atoms with Crippen LogP contribution in [0.1, 0.15) is 47.4 Å². The maximum absolute atomic E-state index is 12.9. The summed E-state index contributed by atoms with van der Waals surface area (Å²) in [7, 11) is 0. The Morgan fingerprint density at radius 2 is 2.32 bits per heavy atom. The molecule has 10 heteroatoms. The minimum Gasteiger partial charge on any atom is -0.339 e. The number of aromatic nitrogens is 6. The summed E-state index contributed by atoms with van der Waals surface area (Å²) in [6, 6.07) is 0. The van der Waals surface area contributed by atoms with Gasteiger partial charge in [0.05, 0.1) is 11.9 Å². The predicted molar refractivity (Wildman–Crippen MR) is 102 cm³/mol. The van der Waals surface area contributed by atoms with Crippen molar-refractivity contribution in [3.8, 4) is 11.5 Å². The van der Waals surface area contributed by atoms with Gasteiger partial charge < -0.3 is 9.42 Å². The molecule has 1 aliphatic heterocycles. The fourth-order valence-electron chi connectivity index (χ4n) is 3.43. The highest BCUT2D eigenvalue weighted by atomic mass is 32.1. The first-order valence-corrected chi connectivity index (χ1v) is 10.2. The first kappa shape index (κ1) is 18.6. The van der Waals surface area contributed by atoms with Crippen LogP contribution in [0.2, 0.25) is 0 Å². The summed E-state index contributed by atoms with van der Waals surface area (Å²) in [6.07, 6.45) is 9.14. The van der Waals surface area contributed by atoms with Crippen molar-refractivity contribution < 1.29 is 9.32 Å². The predicted octanol–water partition coefficient (Wildman–Crippen LogP) is 2.43. The third-order valence-corrected chi connectivity index (χ3v) is 5.52. The van der Waals surface area contributed by atoms with Gasteiger partial charge in [0.25, 0.3) is 5.91 Å². The van der Waals surface area contributed by atoms with Crippen molar-refractivity contribution in [3.05, 3.63) is 35.1 Å². The fraction of sp³-hybridized carbons (Fsp3) is 0.500. The standard InChI is InChI=1S/C18H21N7O2S/c1-2-4-13-16(28-24-22-13)18(26)25-8-3-5-12(11-25)9-15-21-17(23-27-15)14-10-19-6-7-20-14/h6-7,10,12H,2-5,8-9,11H2,1H3/t12-/m1/s1. The second-order valence-electron chi connectivity index (χ2n) is 6.86. The van der Waals surface area contributed by atoms with Gasteiger partial charge in [-0.3, -0.25) is 9.78 Å². The maximum Gasteiger partial charge on any atom is 0.267 e. The molecule has 0 bridgehead atoms. The number of hydrogen-bond acceptors (Lipinski definition) is 9. The van der Waals surface area contributed by atoms with Gasteiger partial charge in [0.1, 0.15) is 10.6 Å². The highest BCUT2D eigenvalue weighted by Crippen LogP contribution is 2.24. The van der Waals surface area contributed by atoms with E-state index in [0.29, 0.717) is 35.3 Å². The second kappa shape index (κ2) is 8.51. The van der Waals surface area contributed by atoms with Gasteiger partial charge in [0, 0.05) is 31.9 Å². The highest BCUT2D eigenvalue weighted by molar-refractivity contribution is 7.08. The maximum atomic E-state index is 12.9. The Balaban J connectivity index is 1.41. The van der Waals surface area contributed by atoms with Crippen molar-refractivity contribution in [1.29, 1.82) is 0 Å². The lowest BCUT2D eigenvalue weighted by atomic mass is 9.94. The van der Waals surface area contributed by atoms with E-state index in [9.17, 15) is 4.79 Å². The van der Waals surface area contributed by atoms with Crippen LogP contribution in [-0.2, 0) is 12.8 Å². The summed E-state index contributed by atoms with van der Waals surface area (Å²) in [5.41, 5.74) is 1.39. The average molecular weight is 399 g/mol. The molecule has 4 rings (SSSR count). The third kappa shape index (κ3) is 4.06. The Morgan fingerprint density at radius 1 is 1.39 bits per heavy atom. The van der Waals surface area contributed by atoms with E-state index in [2.05, 4.69) is 36.6 Å². The number of piperidine rings is 1. The van der Waals surface area contributed by atoms with Crippen LogP contribution < -0.4 is 0 Å². The number of likely N-dealkylation sites (tertiary alicyclic amines) is 1. The van der Waals surface area contributed by atoms with Gasteiger partial charge in [-0.15, -0.1) is 5.10 Å². The molecular weight excluding hydrogens is 378 g/mol. The van der Waals surface area contributed by atoms with Gasteiger partial charge in [-0.1, -0.05) is 23.0 Å². The number of aryl methyl sites for hydroxylation is 1. The zero-order chi connectivity index (χ0) is 19.3. The first-order chi connectivity index (χ1) is 13.7. The minimum atomic E-state index is 0.0360. The Kier molecular flexibility index (Phi) is 5.65. The molecule has 0 saturated carbocycles. The number of carbonyl (C=O) groups excluding carboxylic acids is 1. The average Bonchev–Trinajstić information content (AvgIpc) is 3.38. The Morgan fingerprint density at radius 3 is 3.14 bits per heavy atom. The fourth-order valence-corrected chi connectivity index (χ4v) is 4.11. The third-order valence-electron chi connectivity index (χ3n) is 4.77. The van der Waals surface area contributed by atoms with Crippen molar-refractivity contribution >= 4 is 17.4 Å². The molecule has 1 atom stereocenters. The molecule has 1 aliphatic rings. The van der Waals surface area contributed by atoms with E-state index < -0.39 is 0 Å². The van der Waals surface area contributed by atoms with E-state index in [4.69, 9.17) is 4.52 Å². The van der Waals surface area contributed by atoms with E-state index in [0.717, 1.165) is 37.9 Å². The Bertz CT molecular complexity index is 927. The minimum absolute atomic E-state index is 0.0360. The number of amides is 1. The summed E-state index contributed by atoms with van der Waals surface area (Å²) in [5.74, 6) is 1.31. The summed E-state index contributed by atoms with van der Waals surface area (Å²) in [6.45, 7) is 3.50. The van der Waals surface area contributed by atoms with Crippen LogP contribution in [0.5, 0.6) is 0 Å². The van der Waals surface area contributed by atoms with E-state index in [1.165, 1.54) is 11.5 Å². The SMILES string of the molecule is CCCc1nnsc1C(=O)N1CCC[C@H](Cc2nc(-c3cnccn3)no2)C1. The van der Waals surface area contributed by atoms with Crippen molar-refractivity contribution in [2.75, 3.05) is 13.1 Å². The topological polar surface area (TPSA) is 111 Å². The van der Waals surface area contributed by atoms with Crippen LogP contribution in [0, 0.1) is 5.92 Å². The van der Waals surface area contributed by atoms with Gasteiger partial charge in [-0.2, -0.15) is 4.98 Å². The Labute approximate surface area is 166 Å². The van der Waals surface area contributed by atoms with Gasteiger partial charge >= 0.3 is 0 Å². The summed E-state index contributed by atoms with van der Waals surface area (Å²) >= 11 is 1.19. The molecule has 0 radical (unpaired) electrons. The van der Waals surface area contributed by atoms with Crippen molar-refractivity contribution in [2.45, 2.75) is 39.0 Å². The van der Waals surface area contributed by atoms with E-state index in [1.54, 1.807) is 18.6 Å².